The van der Waals surface area contributed by atoms with E-state index in [-0.39, 0.29) is 42.2 Å². The first-order valence-electron chi connectivity index (χ1n) is 7.90. The van der Waals surface area contributed by atoms with Crippen molar-refractivity contribution in [3.05, 3.63) is 51.3 Å². The number of hydrogen-bond donors (Lipinski definition) is 2. The highest BCUT2D eigenvalue weighted by Gasteiger charge is 2.18. The Hall–Kier alpha value is -3.31. The number of Topliss-reactive ketones (excluding diaryl/α,β-unsaturated/α-hetero) is 1. The second-order valence-electron chi connectivity index (χ2n) is 5.62. The fourth-order valence-corrected chi connectivity index (χ4v) is 2.36. The van der Waals surface area contributed by atoms with Crippen molar-refractivity contribution in [2.45, 2.75) is 26.8 Å². The summed E-state index contributed by atoms with van der Waals surface area (Å²) in [5, 5.41) is 36.3. The minimum atomic E-state index is -0.600. The van der Waals surface area contributed by atoms with E-state index in [0.717, 1.165) is 4.57 Å². The molecule has 0 unspecified atom stereocenters. The number of aromatic nitrogens is 1. The van der Waals surface area contributed by atoms with Crippen molar-refractivity contribution < 1.29 is 15.0 Å². The van der Waals surface area contributed by atoms with Gasteiger partial charge in [-0.15, -0.1) is 5.11 Å². The summed E-state index contributed by atoms with van der Waals surface area (Å²) in [4.78, 5) is 23.8. The standard InChI is InChI=1S/C18H18N4O4/c1-11-15(10-19)17(25)22(8-3-9-23)18(26)16(11)21-20-14-6-4-13(5-7-14)12(2)24/h4-7,23,25H,3,8-9H2,1-2H3. The van der Waals surface area contributed by atoms with E-state index in [1.165, 1.54) is 13.8 Å². The van der Waals surface area contributed by atoms with Gasteiger partial charge in [0.2, 0.25) is 5.88 Å². The number of aliphatic hydroxyl groups is 1. The lowest BCUT2D eigenvalue weighted by Gasteiger charge is -2.12. The van der Waals surface area contributed by atoms with Gasteiger partial charge < -0.3 is 10.2 Å². The van der Waals surface area contributed by atoms with Crippen LogP contribution in [0.3, 0.4) is 0 Å². The molecule has 0 spiro atoms. The quantitative estimate of drug-likeness (QED) is 0.609. The molecule has 0 radical (unpaired) electrons. The van der Waals surface area contributed by atoms with Gasteiger partial charge in [0, 0.05) is 24.3 Å². The molecule has 0 aliphatic carbocycles. The zero-order valence-electron chi connectivity index (χ0n) is 14.4. The van der Waals surface area contributed by atoms with E-state index in [2.05, 4.69) is 10.2 Å². The molecule has 26 heavy (non-hydrogen) atoms. The zero-order chi connectivity index (χ0) is 19.3. The third-order valence-corrected chi connectivity index (χ3v) is 3.85. The molecule has 1 aromatic heterocycles. The van der Waals surface area contributed by atoms with Gasteiger partial charge in [0.15, 0.2) is 11.5 Å². The van der Waals surface area contributed by atoms with Gasteiger partial charge in [0.05, 0.1) is 5.69 Å². The van der Waals surface area contributed by atoms with Gasteiger partial charge in [-0.1, -0.05) is 0 Å². The first-order chi connectivity index (χ1) is 12.4. The van der Waals surface area contributed by atoms with E-state index in [0.29, 0.717) is 11.3 Å². The lowest BCUT2D eigenvalue weighted by Crippen LogP contribution is -2.22. The minimum absolute atomic E-state index is 0.0476. The second kappa shape index (κ2) is 8.18. The molecular formula is C18H18N4O4. The van der Waals surface area contributed by atoms with Gasteiger partial charge in [-0.3, -0.25) is 14.2 Å². The van der Waals surface area contributed by atoms with E-state index >= 15 is 0 Å². The van der Waals surface area contributed by atoms with E-state index in [4.69, 9.17) is 5.11 Å². The molecule has 0 saturated heterocycles. The van der Waals surface area contributed by atoms with Crippen LogP contribution in [0.2, 0.25) is 0 Å². The van der Waals surface area contributed by atoms with Crippen LogP contribution in [0.1, 0.15) is 34.8 Å². The highest BCUT2D eigenvalue weighted by Crippen LogP contribution is 2.27. The maximum Gasteiger partial charge on any atom is 0.281 e. The lowest BCUT2D eigenvalue weighted by molar-refractivity contribution is 0.101. The molecule has 8 nitrogen and oxygen atoms in total. The smallest absolute Gasteiger partial charge is 0.281 e. The number of benzene rings is 1. The van der Waals surface area contributed by atoms with Crippen molar-refractivity contribution in [1.29, 1.82) is 5.26 Å². The number of carbonyl (C=O) groups excluding carboxylic acids is 1. The van der Waals surface area contributed by atoms with Crippen LogP contribution >= 0.6 is 0 Å². The van der Waals surface area contributed by atoms with Crippen molar-refractivity contribution in [2.24, 2.45) is 10.2 Å². The molecule has 0 fully saturated rings. The van der Waals surface area contributed by atoms with Crippen LogP contribution in [-0.4, -0.2) is 27.2 Å². The summed E-state index contributed by atoms with van der Waals surface area (Å²) >= 11 is 0. The van der Waals surface area contributed by atoms with Crippen LogP contribution in [0.15, 0.2) is 39.3 Å². The van der Waals surface area contributed by atoms with Crippen LogP contribution in [0.5, 0.6) is 5.88 Å². The van der Waals surface area contributed by atoms with Crippen molar-refractivity contribution in [3.8, 4) is 11.9 Å². The van der Waals surface area contributed by atoms with Crippen LogP contribution < -0.4 is 5.56 Å². The molecule has 0 aliphatic heterocycles. The van der Waals surface area contributed by atoms with Crippen LogP contribution in [0.25, 0.3) is 0 Å². The monoisotopic (exact) mass is 354 g/mol. The molecule has 0 aliphatic rings. The number of rotatable bonds is 6. The predicted octanol–water partition coefficient (Wildman–Crippen LogP) is 2.73. The number of aromatic hydroxyl groups is 1. The Morgan fingerprint density at radius 3 is 2.46 bits per heavy atom. The Morgan fingerprint density at radius 1 is 1.27 bits per heavy atom. The van der Waals surface area contributed by atoms with E-state index < -0.39 is 11.4 Å². The predicted molar refractivity (Wildman–Crippen MR) is 94.1 cm³/mol. The third kappa shape index (κ3) is 3.84. The van der Waals surface area contributed by atoms with Crippen LogP contribution in [-0.2, 0) is 6.54 Å². The maximum atomic E-state index is 12.6. The molecule has 1 heterocycles. The van der Waals surface area contributed by atoms with Crippen LogP contribution in [0, 0.1) is 18.3 Å². The molecule has 0 saturated carbocycles. The molecule has 8 heteroatoms. The molecule has 0 amide bonds. The Kier molecular flexibility index (Phi) is 5.98. The Morgan fingerprint density at radius 2 is 1.92 bits per heavy atom. The fraction of sp³-hybridized carbons (Fsp3) is 0.278. The average Bonchev–Trinajstić information content (AvgIpc) is 2.62. The molecule has 0 bridgehead atoms. The SMILES string of the molecule is CC(=O)c1ccc(N=Nc2c(C)c(C#N)c(O)n(CCCO)c2=O)cc1. The molecule has 0 atom stereocenters. The first-order valence-corrected chi connectivity index (χ1v) is 7.90. The van der Waals surface area contributed by atoms with Crippen molar-refractivity contribution in [2.75, 3.05) is 6.61 Å². The topological polar surface area (TPSA) is 128 Å². The average molecular weight is 354 g/mol. The molecule has 134 valence electrons. The summed E-state index contributed by atoms with van der Waals surface area (Å²) in [5.41, 5.74) is 0.456. The number of ketones is 1. The third-order valence-electron chi connectivity index (χ3n) is 3.85. The Labute approximate surface area is 149 Å². The number of nitrogens with zero attached hydrogens (tertiary/aromatic N) is 4. The number of azo groups is 1. The first kappa shape index (κ1) is 19.0. The lowest BCUT2D eigenvalue weighted by atomic mass is 10.1. The number of pyridine rings is 1. The second-order valence-corrected chi connectivity index (χ2v) is 5.62. The summed E-state index contributed by atoms with van der Waals surface area (Å²) < 4.78 is 0.995. The van der Waals surface area contributed by atoms with Crippen molar-refractivity contribution in [1.82, 2.24) is 4.57 Å². The maximum absolute atomic E-state index is 12.6. The van der Waals surface area contributed by atoms with E-state index in [1.807, 2.05) is 6.07 Å². The summed E-state index contributed by atoms with van der Waals surface area (Å²) in [7, 11) is 0. The molecule has 2 N–H and O–H groups in total. The number of nitriles is 1. The van der Waals surface area contributed by atoms with Gasteiger partial charge in [-0.2, -0.15) is 10.4 Å². The fourth-order valence-electron chi connectivity index (χ4n) is 2.36. The molecule has 2 rings (SSSR count). The van der Waals surface area contributed by atoms with Gasteiger partial charge in [-0.25, -0.2) is 0 Å². The van der Waals surface area contributed by atoms with Gasteiger partial charge in [0.25, 0.3) is 5.56 Å². The van der Waals surface area contributed by atoms with Gasteiger partial charge in [-0.05, 0) is 44.5 Å². The van der Waals surface area contributed by atoms with E-state index in [9.17, 15) is 20.0 Å². The number of aliphatic hydroxyl groups excluding tert-OH is 1. The van der Waals surface area contributed by atoms with Gasteiger partial charge in [0.1, 0.15) is 11.6 Å². The highest BCUT2D eigenvalue weighted by atomic mass is 16.3. The molecule has 1 aromatic carbocycles. The van der Waals surface area contributed by atoms with E-state index in [1.54, 1.807) is 24.3 Å². The highest BCUT2D eigenvalue weighted by molar-refractivity contribution is 5.94. The largest absolute Gasteiger partial charge is 0.493 e. The molecule has 2 aromatic rings. The minimum Gasteiger partial charge on any atom is -0.493 e. The zero-order valence-corrected chi connectivity index (χ0v) is 14.4. The van der Waals surface area contributed by atoms with Crippen LogP contribution in [0.4, 0.5) is 11.4 Å². The summed E-state index contributed by atoms with van der Waals surface area (Å²) in [6, 6.07) is 8.23. The van der Waals surface area contributed by atoms with Gasteiger partial charge >= 0.3 is 0 Å². The number of hydrogen-bond acceptors (Lipinski definition) is 7. The van der Waals surface area contributed by atoms with Crippen molar-refractivity contribution in [3.63, 3.8) is 0 Å². The summed E-state index contributed by atoms with van der Waals surface area (Å²) in [6.45, 7) is 2.84. The summed E-state index contributed by atoms with van der Waals surface area (Å²) in [6.07, 6.45) is 0.241. The number of carbonyl (C=O) groups is 1. The summed E-state index contributed by atoms with van der Waals surface area (Å²) in [5.74, 6) is -0.526. The Balaban J connectivity index is 2.49. The normalized spacial score (nSPS) is 10.8. The molecular weight excluding hydrogens is 336 g/mol. The van der Waals surface area contributed by atoms with Crippen molar-refractivity contribution >= 4 is 17.2 Å². The Bertz CT molecular complexity index is 953.